The van der Waals surface area contributed by atoms with Gasteiger partial charge in [0.05, 0.1) is 7.11 Å². The van der Waals surface area contributed by atoms with Gasteiger partial charge in [-0.15, -0.1) is 0 Å². The molecular formula is C25H30NO5P. The molecule has 3 rings (SSSR count). The van der Waals surface area contributed by atoms with Crippen LogP contribution in [0.1, 0.15) is 29.5 Å². The molecule has 0 aliphatic heterocycles. The van der Waals surface area contributed by atoms with Gasteiger partial charge in [0, 0.05) is 13.7 Å². The fourth-order valence-corrected chi connectivity index (χ4v) is 4.10. The molecule has 3 aromatic rings. The highest BCUT2D eigenvalue weighted by atomic mass is 31.2. The number of ether oxygens (including phenoxy) is 3. The number of nitrogens with one attached hydrogen (secondary N) is 1. The standard InChI is InChI=1S/C25H30NO5P/c1-29-23-17-15-22(16-18-23)25(20-10-5-3-6-11-20,21-12-7-4-8-13-21)31-24(30-2)14-9-19-26-32(27)28/h3-8,10-13,15-18,24,26-28H,9,14,19H2,1-2H3. The lowest BCUT2D eigenvalue weighted by Gasteiger charge is -2.38. The number of hydrogen-bond acceptors (Lipinski definition) is 6. The molecule has 7 heteroatoms. The highest BCUT2D eigenvalue weighted by Gasteiger charge is 2.40. The van der Waals surface area contributed by atoms with Gasteiger partial charge in [0.1, 0.15) is 11.4 Å². The van der Waals surface area contributed by atoms with Crippen LogP contribution in [0.3, 0.4) is 0 Å². The Balaban J connectivity index is 2.06. The Morgan fingerprint density at radius 3 is 1.81 bits per heavy atom. The second-order valence-electron chi connectivity index (χ2n) is 7.26. The van der Waals surface area contributed by atoms with Crippen LogP contribution in [0, 0.1) is 0 Å². The van der Waals surface area contributed by atoms with Gasteiger partial charge in [-0.1, -0.05) is 72.8 Å². The summed E-state index contributed by atoms with van der Waals surface area (Å²) in [4.78, 5) is 18.2. The second kappa shape index (κ2) is 12.1. The van der Waals surface area contributed by atoms with Crippen molar-refractivity contribution in [1.82, 2.24) is 5.09 Å². The summed E-state index contributed by atoms with van der Waals surface area (Å²) in [5.41, 5.74) is 1.99. The van der Waals surface area contributed by atoms with Crippen molar-refractivity contribution in [3.8, 4) is 5.75 Å². The van der Waals surface area contributed by atoms with Crippen LogP contribution in [0.15, 0.2) is 84.9 Å². The molecule has 32 heavy (non-hydrogen) atoms. The molecule has 0 heterocycles. The van der Waals surface area contributed by atoms with Crippen molar-refractivity contribution >= 4 is 8.53 Å². The summed E-state index contributed by atoms with van der Waals surface area (Å²) >= 11 is 0. The van der Waals surface area contributed by atoms with E-state index in [-0.39, 0.29) is 0 Å². The molecule has 0 saturated carbocycles. The van der Waals surface area contributed by atoms with Crippen LogP contribution < -0.4 is 9.82 Å². The lowest BCUT2D eigenvalue weighted by Crippen LogP contribution is -2.38. The highest BCUT2D eigenvalue weighted by Crippen LogP contribution is 2.42. The van der Waals surface area contributed by atoms with E-state index in [9.17, 15) is 0 Å². The Hall–Kier alpha value is -2.31. The first kappa shape index (κ1) is 24.3. The summed E-state index contributed by atoms with van der Waals surface area (Å²) in [5.74, 6) is 0.766. The molecule has 0 radical (unpaired) electrons. The molecule has 0 amide bonds. The summed E-state index contributed by atoms with van der Waals surface area (Å²) < 4.78 is 17.9. The van der Waals surface area contributed by atoms with Crippen molar-refractivity contribution in [2.75, 3.05) is 20.8 Å². The van der Waals surface area contributed by atoms with Crippen molar-refractivity contribution in [2.45, 2.75) is 24.7 Å². The van der Waals surface area contributed by atoms with Crippen molar-refractivity contribution in [3.63, 3.8) is 0 Å². The zero-order valence-electron chi connectivity index (χ0n) is 18.3. The van der Waals surface area contributed by atoms with E-state index in [4.69, 9.17) is 24.0 Å². The normalized spacial score (nSPS) is 12.7. The maximum absolute atomic E-state index is 9.09. The summed E-state index contributed by atoms with van der Waals surface area (Å²) in [7, 11) is 1.15. The van der Waals surface area contributed by atoms with Crippen LogP contribution in [0.2, 0.25) is 0 Å². The first-order chi connectivity index (χ1) is 15.6. The maximum atomic E-state index is 9.09. The molecule has 3 N–H and O–H groups in total. The van der Waals surface area contributed by atoms with E-state index < -0.39 is 20.4 Å². The summed E-state index contributed by atoms with van der Waals surface area (Å²) in [5, 5.41) is 2.65. The van der Waals surface area contributed by atoms with E-state index in [1.54, 1.807) is 14.2 Å². The minimum absolute atomic E-state index is 0.453. The Bertz CT molecular complexity index is 883. The Morgan fingerprint density at radius 1 is 0.812 bits per heavy atom. The first-order valence-electron chi connectivity index (χ1n) is 10.5. The molecule has 1 atom stereocenters. The third-order valence-electron chi connectivity index (χ3n) is 5.30. The van der Waals surface area contributed by atoms with Gasteiger partial charge in [-0.2, -0.15) is 0 Å². The lowest BCUT2D eigenvalue weighted by molar-refractivity contribution is -0.179. The van der Waals surface area contributed by atoms with Gasteiger partial charge in [0.25, 0.3) is 0 Å². The third kappa shape index (κ3) is 5.93. The van der Waals surface area contributed by atoms with Crippen LogP contribution in [0.4, 0.5) is 0 Å². The number of rotatable bonds is 12. The molecule has 0 aromatic heterocycles. The molecule has 170 valence electrons. The smallest absolute Gasteiger partial charge is 0.250 e. The van der Waals surface area contributed by atoms with E-state index in [1.807, 2.05) is 60.7 Å². The van der Waals surface area contributed by atoms with E-state index in [0.29, 0.717) is 19.4 Å². The van der Waals surface area contributed by atoms with E-state index in [1.165, 1.54) is 0 Å². The van der Waals surface area contributed by atoms with Crippen molar-refractivity contribution in [1.29, 1.82) is 0 Å². The third-order valence-corrected chi connectivity index (χ3v) is 5.80. The van der Waals surface area contributed by atoms with Gasteiger partial charge < -0.3 is 24.0 Å². The number of hydrogen-bond donors (Lipinski definition) is 3. The SMILES string of the molecule is COc1ccc(C(OC(CCCNP(O)O)OC)(c2ccccc2)c2ccccc2)cc1. The number of benzene rings is 3. The molecule has 3 aromatic carbocycles. The first-order valence-corrected chi connectivity index (χ1v) is 11.7. The number of methoxy groups -OCH3 is 2. The van der Waals surface area contributed by atoms with Crippen molar-refractivity contribution in [3.05, 3.63) is 102 Å². The minimum Gasteiger partial charge on any atom is -0.497 e. The van der Waals surface area contributed by atoms with Crippen LogP contribution in [-0.2, 0) is 15.1 Å². The lowest BCUT2D eigenvalue weighted by atomic mass is 9.80. The molecule has 0 aliphatic carbocycles. The van der Waals surface area contributed by atoms with Crippen LogP contribution in [0.5, 0.6) is 5.75 Å². The zero-order chi connectivity index (χ0) is 22.8. The topological polar surface area (TPSA) is 80.2 Å². The molecule has 0 fully saturated rings. The molecule has 0 aliphatic rings. The predicted octanol–water partition coefficient (Wildman–Crippen LogP) is 4.56. The van der Waals surface area contributed by atoms with Crippen molar-refractivity contribution < 1.29 is 24.0 Å². The minimum atomic E-state index is -2.12. The predicted molar refractivity (Wildman–Crippen MR) is 126 cm³/mol. The van der Waals surface area contributed by atoms with Gasteiger partial charge in [-0.3, -0.25) is 5.09 Å². The van der Waals surface area contributed by atoms with Crippen LogP contribution in [-0.4, -0.2) is 36.8 Å². The molecular weight excluding hydrogens is 425 g/mol. The van der Waals surface area contributed by atoms with Gasteiger partial charge in [-0.25, -0.2) is 0 Å². The molecule has 0 saturated heterocycles. The van der Waals surface area contributed by atoms with E-state index in [0.717, 1.165) is 22.4 Å². The maximum Gasteiger partial charge on any atom is 0.250 e. The summed E-state index contributed by atoms with van der Waals surface area (Å²) in [6.45, 7) is 0.453. The average molecular weight is 455 g/mol. The van der Waals surface area contributed by atoms with Crippen LogP contribution in [0.25, 0.3) is 0 Å². The molecule has 0 bridgehead atoms. The average Bonchev–Trinajstić information content (AvgIpc) is 2.85. The monoisotopic (exact) mass is 455 g/mol. The second-order valence-corrected chi connectivity index (χ2v) is 8.16. The van der Waals surface area contributed by atoms with Gasteiger partial charge in [0.15, 0.2) is 6.29 Å². The quantitative estimate of drug-likeness (QED) is 0.161. The Kier molecular flexibility index (Phi) is 9.18. The summed E-state index contributed by atoms with van der Waals surface area (Å²) in [6.07, 6.45) is 0.702. The summed E-state index contributed by atoms with van der Waals surface area (Å²) in [6, 6.07) is 28.0. The largest absolute Gasteiger partial charge is 0.497 e. The highest BCUT2D eigenvalue weighted by molar-refractivity contribution is 7.42. The van der Waals surface area contributed by atoms with E-state index >= 15 is 0 Å². The Morgan fingerprint density at radius 2 is 1.34 bits per heavy atom. The molecule has 1 unspecified atom stereocenters. The zero-order valence-corrected chi connectivity index (χ0v) is 19.2. The van der Waals surface area contributed by atoms with Crippen molar-refractivity contribution in [2.24, 2.45) is 0 Å². The molecule has 6 nitrogen and oxygen atoms in total. The van der Waals surface area contributed by atoms with Gasteiger partial charge >= 0.3 is 0 Å². The fraction of sp³-hybridized carbons (Fsp3) is 0.280. The fourth-order valence-electron chi connectivity index (χ4n) is 3.75. The van der Waals surface area contributed by atoms with Gasteiger partial charge in [-0.05, 0) is 41.7 Å². The molecule has 0 spiro atoms. The van der Waals surface area contributed by atoms with Gasteiger partial charge in [0.2, 0.25) is 8.53 Å². The van der Waals surface area contributed by atoms with Crippen LogP contribution >= 0.6 is 8.53 Å². The Labute approximate surface area is 190 Å². The van der Waals surface area contributed by atoms with E-state index in [2.05, 4.69) is 29.4 Å².